The van der Waals surface area contributed by atoms with Gasteiger partial charge in [-0.3, -0.25) is 14.5 Å². The first-order valence-corrected chi connectivity index (χ1v) is 7.82. The van der Waals surface area contributed by atoms with Gasteiger partial charge in [-0.15, -0.1) is 0 Å². The SMILES string of the molecule is COc1ccc(C(=O)CN2CCNCC2(CO)C(=O)O)c(C)c1C#N. The lowest BCUT2D eigenvalue weighted by molar-refractivity contribution is -0.155. The maximum atomic E-state index is 12.7. The van der Waals surface area contributed by atoms with Crippen molar-refractivity contribution in [2.45, 2.75) is 12.5 Å². The number of benzene rings is 1. The average Bonchev–Trinajstić information content (AvgIpc) is 2.61. The quantitative estimate of drug-likeness (QED) is 0.604. The maximum Gasteiger partial charge on any atom is 0.327 e. The van der Waals surface area contributed by atoms with Crippen LogP contribution in [-0.4, -0.2) is 72.3 Å². The van der Waals surface area contributed by atoms with Gasteiger partial charge in [0.25, 0.3) is 0 Å². The van der Waals surface area contributed by atoms with E-state index in [9.17, 15) is 25.1 Å². The van der Waals surface area contributed by atoms with E-state index in [-0.39, 0.29) is 24.4 Å². The number of nitriles is 1. The minimum atomic E-state index is -1.54. The van der Waals surface area contributed by atoms with Crippen molar-refractivity contribution >= 4 is 11.8 Å². The van der Waals surface area contributed by atoms with Crippen LogP contribution in [0.1, 0.15) is 21.5 Å². The van der Waals surface area contributed by atoms with Crippen molar-refractivity contribution in [2.24, 2.45) is 0 Å². The fourth-order valence-electron chi connectivity index (χ4n) is 3.06. The standard InChI is InChI=1S/C17H21N3O5/c1-11-12(3-4-15(25-2)13(11)7-18)14(22)8-20-6-5-19-9-17(20,10-21)16(23)24/h3-4,19,21H,5-6,8-10H2,1-2H3,(H,23,24). The van der Waals surface area contributed by atoms with Crippen molar-refractivity contribution in [3.05, 3.63) is 28.8 Å². The number of carbonyl (C=O) groups excluding carboxylic acids is 1. The number of hydrogen-bond acceptors (Lipinski definition) is 7. The molecule has 1 aromatic carbocycles. The van der Waals surface area contributed by atoms with E-state index in [1.54, 1.807) is 19.1 Å². The second-order valence-corrected chi connectivity index (χ2v) is 5.94. The van der Waals surface area contributed by atoms with Crippen LogP contribution in [0.25, 0.3) is 0 Å². The Hall–Kier alpha value is -2.47. The van der Waals surface area contributed by atoms with Crippen LogP contribution >= 0.6 is 0 Å². The Kier molecular flexibility index (Phi) is 5.74. The number of Topliss-reactive ketones (excluding diaryl/α,β-unsaturated/α-hetero) is 1. The van der Waals surface area contributed by atoms with Gasteiger partial charge in [0.15, 0.2) is 11.3 Å². The summed E-state index contributed by atoms with van der Waals surface area (Å²) in [5.41, 5.74) is -0.424. The summed E-state index contributed by atoms with van der Waals surface area (Å²) < 4.78 is 5.12. The lowest BCUT2D eigenvalue weighted by Crippen LogP contribution is -2.68. The fraction of sp³-hybridized carbons (Fsp3) is 0.471. The molecule has 8 nitrogen and oxygen atoms in total. The number of nitrogens with zero attached hydrogens (tertiary/aromatic N) is 2. The van der Waals surface area contributed by atoms with Gasteiger partial charge >= 0.3 is 5.97 Å². The van der Waals surface area contributed by atoms with Crippen LogP contribution in [0, 0.1) is 18.3 Å². The summed E-state index contributed by atoms with van der Waals surface area (Å²) in [6.07, 6.45) is 0. The molecule has 1 unspecified atom stereocenters. The molecule has 1 saturated heterocycles. The zero-order valence-electron chi connectivity index (χ0n) is 14.2. The second-order valence-electron chi connectivity index (χ2n) is 5.94. The summed E-state index contributed by atoms with van der Waals surface area (Å²) in [6.45, 7) is 1.78. The van der Waals surface area contributed by atoms with Crippen molar-refractivity contribution in [2.75, 3.05) is 39.9 Å². The van der Waals surface area contributed by atoms with Gasteiger partial charge in [0.1, 0.15) is 11.8 Å². The molecule has 0 aliphatic carbocycles. The Balaban J connectivity index is 2.33. The Morgan fingerprint density at radius 3 is 2.76 bits per heavy atom. The van der Waals surface area contributed by atoms with Crippen LogP contribution in [0.4, 0.5) is 0 Å². The molecule has 1 fully saturated rings. The molecule has 25 heavy (non-hydrogen) atoms. The first-order chi connectivity index (χ1) is 11.9. The van der Waals surface area contributed by atoms with E-state index in [0.717, 1.165) is 0 Å². The van der Waals surface area contributed by atoms with E-state index in [0.29, 0.717) is 30.0 Å². The van der Waals surface area contributed by atoms with E-state index in [2.05, 4.69) is 5.32 Å². The number of ketones is 1. The van der Waals surface area contributed by atoms with Crippen molar-refractivity contribution < 1.29 is 24.5 Å². The number of hydrogen-bond donors (Lipinski definition) is 3. The third-order valence-electron chi connectivity index (χ3n) is 4.63. The minimum Gasteiger partial charge on any atom is -0.495 e. The van der Waals surface area contributed by atoms with Crippen molar-refractivity contribution in [3.63, 3.8) is 0 Å². The zero-order chi connectivity index (χ0) is 18.6. The number of carboxylic acid groups (broad SMARTS) is 1. The molecule has 1 aliphatic rings. The third-order valence-corrected chi connectivity index (χ3v) is 4.63. The largest absolute Gasteiger partial charge is 0.495 e. The van der Waals surface area contributed by atoms with E-state index in [4.69, 9.17) is 4.74 Å². The summed E-state index contributed by atoms with van der Waals surface area (Å²) in [7, 11) is 1.44. The van der Waals surface area contributed by atoms with Crippen LogP contribution < -0.4 is 10.1 Å². The number of aliphatic carboxylic acids is 1. The van der Waals surface area contributed by atoms with Gasteiger partial charge in [0, 0.05) is 25.2 Å². The van der Waals surface area contributed by atoms with Crippen molar-refractivity contribution in [3.8, 4) is 11.8 Å². The molecule has 134 valence electrons. The second kappa shape index (κ2) is 7.61. The van der Waals surface area contributed by atoms with Crippen LogP contribution in [0.3, 0.4) is 0 Å². The molecule has 0 radical (unpaired) electrons. The number of methoxy groups -OCH3 is 1. The van der Waals surface area contributed by atoms with Crippen molar-refractivity contribution in [1.29, 1.82) is 5.26 Å². The Labute approximate surface area is 145 Å². The Bertz CT molecular complexity index is 728. The normalized spacial score (nSPS) is 20.7. The monoisotopic (exact) mass is 347 g/mol. The summed E-state index contributed by atoms with van der Waals surface area (Å²) in [5.74, 6) is -1.11. The van der Waals surface area contributed by atoms with E-state index in [1.807, 2.05) is 6.07 Å². The highest BCUT2D eigenvalue weighted by Crippen LogP contribution is 2.26. The highest BCUT2D eigenvalue weighted by molar-refractivity contribution is 6.00. The number of nitrogens with one attached hydrogen (secondary N) is 1. The molecular weight excluding hydrogens is 326 g/mol. The van der Waals surface area contributed by atoms with Gasteiger partial charge in [-0.2, -0.15) is 5.26 Å². The lowest BCUT2D eigenvalue weighted by atomic mass is 9.93. The molecule has 0 bridgehead atoms. The average molecular weight is 347 g/mol. The summed E-state index contributed by atoms with van der Waals surface area (Å²) in [4.78, 5) is 25.9. The molecule has 1 atom stereocenters. The topological polar surface area (TPSA) is 123 Å². The van der Waals surface area contributed by atoms with E-state index < -0.39 is 18.1 Å². The first kappa shape index (κ1) is 18.9. The zero-order valence-corrected chi connectivity index (χ0v) is 14.2. The van der Waals surface area contributed by atoms with Gasteiger partial charge in [-0.1, -0.05) is 0 Å². The Morgan fingerprint density at radius 2 is 2.20 bits per heavy atom. The van der Waals surface area contributed by atoms with Gasteiger partial charge in [0.2, 0.25) is 0 Å². The molecule has 8 heteroatoms. The predicted octanol–water partition coefficient (Wildman–Crippen LogP) is -0.221. The van der Waals surface area contributed by atoms with Gasteiger partial charge < -0.3 is 20.3 Å². The van der Waals surface area contributed by atoms with Crippen LogP contribution in [0.5, 0.6) is 5.75 Å². The van der Waals surface area contributed by atoms with Crippen LogP contribution in [0.2, 0.25) is 0 Å². The lowest BCUT2D eigenvalue weighted by Gasteiger charge is -2.42. The van der Waals surface area contributed by atoms with Gasteiger partial charge in [-0.05, 0) is 24.6 Å². The van der Waals surface area contributed by atoms with Gasteiger partial charge in [-0.25, -0.2) is 0 Å². The summed E-state index contributed by atoms with van der Waals surface area (Å²) in [6, 6.07) is 5.14. The molecule has 1 heterocycles. The smallest absolute Gasteiger partial charge is 0.327 e. The van der Waals surface area contributed by atoms with E-state index in [1.165, 1.54) is 12.0 Å². The third kappa shape index (κ3) is 3.35. The molecule has 0 spiro atoms. The molecule has 3 N–H and O–H groups in total. The molecular formula is C17H21N3O5. The maximum absolute atomic E-state index is 12.7. The number of aliphatic hydroxyl groups excluding tert-OH is 1. The molecule has 0 amide bonds. The number of ether oxygens (including phenoxy) is 1. The van der Waals surface area contributed by atoms with Gasteiger partial charge in [0.05, 0.1) is 25.8 Å². The molecule has 2 rings (SSSR count). The summed E-state index contributed by atoms with van der Waals surface area (Å²) in [5, 5.41) is 31.4. The number of carbonyl (C=O) groups is 2. The highest BCUT2D eigenvalue weighted by Gasteiger charge is 2.46. The molecule has 0 saturated carbocycles. The Morgan fingerprint density at radius 1 is 1.48 bits per heavy atom. The van der Waals surface area contributed by atoms with E-state index >= 15 is 0 Å². The number of piperazine rings is 1. The number of rotatable bonds is 6. The molecule has 0 aromatic heterocycles. The molecule has 1 aliphatic heterocycles. The first-order valence-electron chi connectivity index (χ1n) is 7.82. The van der Waals surface area contributed by atoms with Crippen molar-refractivity contribution in [1.82, 2.24) is 10.2 Å². The minimum absolute atomic E-state index is 0.0527. The number of carboxylic acids is 1. The fourth-order valence-corrected chi connectivity index (χ4v) is 3.06. The van der Waals surface area contributed by atoms with Crippen LogP contribution in [0.15, 0.2) is 12.1 Å². The van der Waals surface area contributed by atoms with Crippen LogP contribution in [-0.2, 0) is 4.79 Å². The molecule has 1 aromatic rings. The number of aliphatic hydroxyl groups is 1. The predicted molar refractivity (Wildman–Crippen MR) is 88.7 cm³/mol. The highest BCUT2D eigenvalue weighted by atomic mass is 16.5. The summed E-state index contributed by atoms with van der Waals surface area (Å²) >= 11 is 0.